The van der Waals surface area contributed by atoms with Crippen molar-refractivity contribution in [1.29, 1.82) is 5.26 Å². The molecule has 3 aromatic rings. The van der Waals surface area contributed by atoms with Crippen LogP contribution in [0.5, 0.6) is 11.5 Å². The monoisotopic (exact) mass is 324 g/mol. The first-order valence-electron chi connectivity index (χ1n) is 7.17. The van der Waals surface area contributed by atoms with Crippen molar-refractivity contribution < 1.29 is 19.0 Å². The van der Waals surface area contributed by atoms with E-state index >= 15 is 0 Å². The molecule has 120 valence electrons. The highest BCUT2D eigenvalue weighted by molar-refractivity contribution is 5.90. The Morgan fingerprint density at radius 1 is 1.29 bits per heavy atom. The Morgan fingerprint density at radius 2 is 2.00 bits per heavy atom. The van der Waals surface area contributed by atoms with Crippen LogP contribution in [-0.2, 0) is 11.3 Å². The second-order valence-electron chi connectivity index (χ2n) is 5.29. The first-order valence-corrected chi connectivity index (χ1v) is 7.17. The number of nitriles is 1. The zero-order chi connectivity index (χ0) is 17.3. The number of hydrogen-bond acceptors (Lipinski definition) is 3. The lowest BCUT2D eigenvalue weighted by Crippen LogP contribution is -2.09. The van der Waals surface area contributed by atoms with Crippen molar-refractivity contribution in [2.75, 3.05) is 0 Å². The van der Waals surface area contributed by atoms with Gasteiger partial charge < -0.3 is 14.4 Å². The summed E-state index contributed by atoms with van der Waals surface area (Å²) in [6.45, 7) is 1.48. The smallest absolute Gasteiger partial charge is 0.323 e. The number of aliphatic carboxylic acids is 1. The van der Waals surface area contributed by atoms with Gasteiger partial charge in [0.25, 0.3) is 0 Å². The van der Waals surface area contributed by atoms with E-state index < -0.39 is 11.8 Å². The van der Waals surface area contributed by atoms with E-state index in [-0.39, 0.29) is 6.54 Å². The molecule has 0 bridgehead atoms. The lowest BCUT2D eigenvalue weighted by Gasteiger charge is -2.07. The molecule has 0 saturated heterocycles. The summed E-state index contributed by atoms with van der Waals surface area (Å²) in [4.78, 5) is 11.1. The summed E-state index contributed by atoms with van der Waals surface area (Å²) >= 11 is 0. The van der Waals surface area contributed by atoms with Gasteiger partial charge >= 0.3 is 5.97 Å². The van der Waals surface area contributed by atoms with Gasteiger partial charge in [-0.2, -0.15) is 5.26 Å². The number of hydrogen-bond donors (Lipinski definition) is 1. The van der Waals surface area contributed by atoms with Crippen LogP contribution in [0.1, 0.15) is 11.3 Å². The average molecular weight is 324 g/mol. The Bertz CT molecular complexity index is 969. The summed E-state index contributed by atoms with van der Waals surface area (Å²) in [5, 5.41) is 18.4. The second-order valence-corrected chi connectivity index (χ2v) is 5.29. The normalized spacial score (nSPS) is 10.5. The minimum atomic E-state index is -0.996. The highest BCUT2D eigenvalue weighted by Crippen LogP contribution is 2.36. The predicted octanol–water partition coefficient (Wildman–Crippen LogP) is 3.84. The van der Waals surface area contributed by atoms with Gasteiger partial charge in [0.15, 0.2) is 5.75 Å². The summed E-state index contributed by atoms with van der Waals surface area (Å²) in [6.07, 6.45) is 0. The molecule has 0 amide bonds. The molecule has 0 spiro atoms. The molecule has 1 heterocycles. The zero-order valence-electron chi connectivity index (χ0n) is 12.8. The number of carboxylic acid groups (broad SMARTS) is 1. The van der Waals surface area contributed by atoms with E-state index in [1.165, 1.54) is 18.2 Å². The Morgan fingerprint density at radius 3 is 2.62 bits per heavy atom. The molecule has 2 aromatic carbocycles. The Hall–Kier alpha value is -3.33. The molecule has 0 fully saturated rings. The van der Waals surface area contributed by atoms with Gasteiger partial charge in [-0.3, -0.25) is 4.79 Å². The SMILES string of the molecule is Cc1c(Oc2ccc(C#N)cc2)c2cc(F)ccc2n1CC(=O)O. The summed E-state index contributed by atoms with van der Waals surface area (Å²) in [7, 11) is 0. The van der Waals surface area contributed by atoms with Gasteiger partial charge in [0.1, 0.15) is 18.1 Å². The number of fused-ring (bicyclic) bond motifs is 1. The van der Waals surface area contributed by atoms with Crippen LogP contribution in [0.2, 0.25) is 0 Å². The molecule has 0 aliphatic rings. The molecule has 0 aliphatic carbocycles. The van der Waals surface area contributed by atoms with Gasteiger partial charge in [-0.15, -0.1) is 0 Å². The molecule has 0 aliphatic heterocycles. The molecule has 0 atom stereocenters. The summed E-state index contributed by atoms with van der Waals surface area (Å²) in [6, 6.07) is 12.7. The van der Waals surface area contributed by atoms with E-state index in [4.69, 9.17) is 15.1 Å². The minimum absolute atomic E-state index is 0.245. The molecular weight excluding hydrogens is 311 g/mol. The fraction of sp³-hybridized carbons (Fsp3) is 0.111. The van der Waals surface area contributed by atoms with E-state index in [1.54, 1.807) is 35.8 Å². The molecular formula is C18H13FN2O3. The van der Waals surface area contributed by atoms with Crippen LogP contribution in [0.3, 0.4) is 0 Å². The van der Waals surface area contributed by atoms with Crippen molar-refractivity contribution in [3.63, 3.8) is 0 Å². The minimum Gasteiger partial charge on any atom is -0.480 e. The van der Waals surface area contributed by atoms with E-state index in [0.29, 0.717) is 33.7 Å². The Kier molecular flexibility index (Phi) is 3.92. The van der Waals surface area contributed by atoms with Crippen LogP contribution in [0.25, 0.3) is 10.9 Å². The fourth-order valence-electron chi connectivity index (χ4n) is 2.61. The fourth-order valence-corrected chi connectivity index (χ4v) is 2.61. The number of benzene rings is 2. The summed E-state index contributed by atoms with van der Waals surface area (Å²) in [5.41, 5.74) is 1.67. The Labute approximate surface area is 137 Å². The molecule has 0 saturated carbocycles. The first kappa shape index (κ1) is 15.6. The lowest BCUT2D eigenvalue weighted by atomic mass is 10.2. The number of nitrogens with zero attached hydrogens (tertiary/aromatic N) is 2. The van der Waals surface area contributed by atoms with Gasteiger partial charge in [0.2, 0.25) is 0 Å². The third-order valence-electron chi connectivity index (χ3n) is 3.72. The molecule has 6 heteroatoms. The predicted molar refractivity (Wildman–Crippen MR) is 85.5 cm³/mol. The highest BCUT2D eigenvalue weighted by atomic mass is 19.1. The van der Waals surface area contributed by atoms with Gasteiger partial charge in [-0.1, -0.05) is 0 Å². The zero-order valence-corrected chi connectivity index (χ0v) is 12.8. The number of carboxylic acids is 1. The molecule has 24 heavy (non-hydrogen) atoms. The molecule has 5 nitrogen and oxygen atoms in total. The lowest BCUT2D eigenvalue weighted by molar-refractivity contribution is -0.137. The van der Waals surface area contributed by atoms with Gasteiger partial charge in [-0.25, -0.2) is 4.39 Å². The van der Waals surface area contributed by atoms with Crippen LogP contribution in [-0.4, -0.2) is 15.6 Å². The van der Waals surface area contributed by atoms with Gasteiger partial charge in [0.05, 0.1) is 22.8 Å². The molecule has 1 N–H and O–H groups in total. The Balaban J connectivity index is 2.11. The molecule has 0 unspecified atom stereocenters. The van der Waals surface area contributed by atoms with Crippen LogP contribution in [0.4, 0.5) is 4.39 Å². The van der Waals surface area contributed by atoms with Crippen molar-refractivity contribution in [2.45, 2.75) is 13.5 Å². The maximum atomic E-state index is 13.6. The molecule has 1 aromatic heterocycles. The molecule has 3 rings (SSSR count). The summed E-state index contributed by atoms with van der Waals surface area (Å²) in [5.74, 6) is -0.546. The van der Waals surface area contributed by atoms with Crippen LogP contribution < -0.4 is 4.74 Å². The standard InChI is InChI=1S/C18H13FN2O3/c1-11-18(24-14-5-2-12(9-20)3-6-14)15-8-13(19)4-7-16(15)21(11)10-17(22)23/h2-8H,10H2,1H3,(H,22,23). The van der Waals surface area contributed by atoms with Crippen molar-refractivity contribution in [3.8, 4) is 17.6 Å². The topological polar surface area (TPSA) is 75.2 Å². The van der Waals surface area contributed by atoms with Crippen molar-refractivity contribution in [3.05, 3.63) is 59.5 Å². The van der Waals surface area contributed by atoms with Gasteiger partial charge in [-0.05, 0) is 49.4 Å². The average Bonchev–Trinajstić information content (AvgIpc) is 2.80. The third-order valence-corrected chi connectivity index (χ3v) is 3.72. The number of aromatic nitrogens is 1. The van der Waals surface area contributed by atoms with Crippen molar-refractivity contribution >= 4 is 16.9 Å². The first-order chi connectivity index (χ1) is 11.5. The quantitative estimate of drug-likeness (QED) is 0.791. The van der Waals surface area contributed by atoms with E-state index in [9.17, 15) is 9.18 Å². The second kappa shape index (κ2) is 6.05. The van der Waals surface area contributed by atoms with E-state index in [2.05, 4.69) is 0 Å². The molecule has 0 radical (unpaired) electrons. The van der Waals surface area contributed by atoms with Crippen molar-refractivity contribution in [2.24, 2.45) is 0 Å². The number of ether oxygens (including phenoxy) is 1. The maximum Gasteiger partial charge on any atom is 0.323 e. The highest BCUT2D eigenvalue weighted by Gasteiger charge is 2.18. The van der Waals surface area contributed by atoms with Crippen LogP contribution in [0.15, 0.2) is 42.5 Å². The van der Waals surface area contributed by atoms with Crippen molar-refractivity contribution in [1.82, 2.24) is 4.57 Å². The van der Waals surface area contributed by atoms with E-state index in [1.807, 2.05) is 6.07 Å². The van der Waals surface area contributed by atoms with Crippen LogP contribution in [0, 0.1) is 24.1 Å². The third kappa shape index (κ3) is 2.79. The van der Waals surface area contributed by atoms with Crippen LogP contribution >= 0.6 is 0 Å². The van der Waals surface area contributed by atoms with Gasteiger partial charge in [0, 0.05) is 5.39 Å². The summed E-state index contributed by atoms with van der Waals surface area (Å²) < 4.78 is 21.1. The maximum absolute atomic E-state index is 13.6. The number of rotatable bonds is 4. The largest absolute Gasteiger partial charge is 0.480 e. The number of carbonyl (C=O) groups is 1. The number of halogens is 1. The van der Waals surface area contributed by atoms with E-state index in [0.717, 1.165) is 0 Å².